The molecule has 2 N–H and O–H groups in total. The van der Waals surface area contributed by atoms with Gasteiger partial charge in [0.1, 0.15) is 0 Å². The molecule has 1 aliphatic carbocycles. The summed E-state index contributed by atoms with van der Waals surface area (Å²) in [6, 6.07) is 2.10. The van der Waals surface area contributed by atoms with E-state index in [4.69, 9.17) is 5.73 Å². The quantitative estimate of drug-likeness (QED) is 0.682. The van der Waals surface area contributed by atoms with E-state index in [2.05, 4.69) is 12.3 Å². The van der Waals surface area contributed by atoms with Crippen LogP contribution in [0.4, 0.5) is 0 Å². The lowest BCUT2D eigenvalue weighted by Crippen LogP contribution is -2.17. The monoisotopic (exact) mass is 172 g/mol. The van der Waals surface area contributed by atoms with Crippen LogP contribution >= 0.6 is 12.4 Å². The van der Waals surface area contributed by atoms with Gasteiger partial charge in [0, 0.05) is 25.0 Å². The molecule has 0 aliphatic heterocycles. The first kappa shape index (κ1) is 8.62. The normalized spacial score (nSPS) is 19.1. The second-order valence-electron chi connectivity index (χ2n) is 3.22. The van der Waals surface area contributed by atoms with Crippen LogP contribution in [0.3, 0.4) is 0 Å². The van der Waals surface area contributed by atoms with Gasteiger partial charge in [-0.2, -0.15) is 0 Å². The Morgan fingerprint density at radius 3 is 2.55 bits per heavy atom. The Hall–Kier alpha value is -0.470. The second-order valence-corrected chi connectivity index (χ2v) is 3.22. The SMILES string of the molecule is Cl.Cn1ccc(C2(N)CC2)c1. The molecule has 1 saturated carbocycles. The average molecular weight is 173 g/mol. The van der Waals surface area contributed by atoms with Gasteiger partial charge in [-0.25, -0.2) is 0 Å². The molecule has 0 radical (unpaired) electrons. The van der Waals surface area contributed by atoms with Crippen LogP contribution in [0.1, 0.15) is 18.4 Å². The molecule has 1 aromatic heterocycles. The number of aromatic nitrogens is 1. The van der Waals surface area contributed by atoms with Gasteiger partial charge in [0.15, 0.2) is 0 Å². The molecule has 11 heavy (non-hydrogen) atoms. The first-order valence-corrected chi connectivity index (χ1v) is 3.62. The minimum Gasteiger partial charge on any atom is -0.357 e. The summed E-state index contributed by atoms with van der Waals surface area (Å²) in [5.41, 5.74) is 7.30. The van der Waals surface area contributed by atoms with Gasteiger partial charge in [0.2, 0.25) is 0 Å². The number of hydrogen-bond donors (Lipinski definition) is 1. The Morgan fingerprint density at radius 2 is 2.18 bits per heavy atom. The van der Waals surface area contributed by atoms with Crippen molar-refractivity contribution in [2.45, 2.75) is 18.4 Å². The highest BCUT2D eigenvalue weighted by Crippen LogP contribution is 2.42. The van der Waals surface area contributed by atoms with Crippen molar-refractivity contribution in [2.75, 3.05) is 0 Å². The van der Waals surface area contributed by atoms with Crippen molar-refractivity contribution >= 4 is 12.4 Å². The van der Waals surface area contributed by atoms with E-state index in [-0.39, 0.29) is 17.9 Å². The standard InChI is InChI=1S/C8H12N2.ClH/c1-10-5-2-7(6-10)8(9)3-4-8;/h2,5-6H,3-4,9H2,1H3;1H. The molecule has 1 aliphatic rings. The lowest BCUT2D eigenvalue weighted by atomic mass is 10.1. The van der Waals surface area contributed by atoms with Crippen molar-refractivity contribution in [3.8, 4) is 0 Å². The van der Waals surface area contributed by atoms with E-state index in [1.165, 1.54) is 5.56 Å². The molecule has 0 aromatic carbocycles. The van der Waals surface area contributed by atoms with Crippen LogP contribution in [-0.2, 0) is 12.6 Å². The van der Waals surface area contributed by atoms with Crippen molar-refractivity contribution in [1.29, 1.82) is 0 Å². The molecule has 0 saturated heterocycles. The molecule has 2 rings (SSSR count). The largest absolute Gasteiger partial charge is 0.357 e. The molecule has 62 valence electrons. The molecule has 1 heterocycles. The number of nitrogens with zero attached hydrogens (tertiary/aromatic N) is 1. The minimum absolute atomic E-state index is 0. The van der Waals surface area contributed by atoms with Gasteiger partial charge in [-0.05, 0) is 24.5 Å². The summed E-state index contributed by atoms with van der Waals surface area (Å²) in [6.07, 6.45) is 6.45. The smallest absolute Gasteiger partial charge is 0.0426 e. The number of halogens is 1. The molecule has 1 aromatic rings. The number of aryl methyl sites for hydroxylation is 1. The highest BCUT2D eigenvalue weighted by Gasteiger charge is 2.40. The molecular formula is C8H13ClN2. The van der Waals surface area contributed by atoms with Crippen molar-refractivity contribution in [3.63, 3.8) is 0 Å². The van der Waals surface area contributed by atoms with Crippen molar-refractivity contribution < 1.29 is 0 Å². The summed E-state index contributed by atoms with van der Waals surface area (Å²) in [5, 5.41) is 0. The maximum Gasteiger partial charge on any atom is 0.0426 e. The van der Waals surface area contributed by atoms with Crippen molar-refractivity contribution in [1.82, 2.24) is 4.57 Å². The fourth-order valence-corrected chi connectivity index (χ4v) is 1.22. The average Bonchev–Trinajstić information content (AvgIpc) is 2.45. The summed E-state index contributed by atoms with van der Waals surface area (Å²) in [6.45, 7) is 0. The second kappa shape index (κ2) is 2.54. The van der Waals surface area contributed by atoms with Crippen molar-refractivity contribution in [3.05, 3.63) is 24.0 Å². The lowest BCUT2D eigenvalue weighted by molar-refractivity contribution is 0.736. The van der Waals surface area contributed by atoms with Gasteiger partial charge in [-0.3, -0.25) is 0 Å². The van der Waals surface area contributed by atoms with Crippen LogP contribution in [0.15, 0.2) is 18.5 Å². The van der Waals surface area contributed by atoms with Gasteiger partial charge >= 0.3 is 0 Å². The van der Waals surface area contributed by atoms with E-state index in [1.54, 1.807) is 0 Å². The Bertz CT molecular complexity index is 250. The highest BCUT2D eigenvalue weighted by atomic mass is 35.5. The Labute approximate surface area is 72.8 Å². The van der Waals surface area contributed by atoms with Crippen LogP contribution in [0.25, 0.3) is 0 Å². The predicted octanol–water partition coefficient (Wildman–Crippen LogP) is 1.39. The Balaban J connectivity index is 0.000000605. The van der Waals surface area contributed by atoms with Gasteiger partial charge in [0.25, 0.3) is 0 Å². The van der Waals surface area contributed by atoms with E-state index < -0.39 is 0 Å². The van der Waals surface area contributed by atoms with E-state index >= 15 is 0 Å². The number of rotatable bonds is 1. The van der Waals surface area contributed by atoms with Crippen LogP contribution in [-0.4, -0.2) is 4.57 Å². The molecular weight excluding hydrogens is 160 g/mol. The maximum absolute atomic E-state index is 5.97. The summed E-state index contributed by atoms with van der Waals surface area (Å²) < 4.78 is 2.04. The van der Waals surface area contributed by atoms with E-state index in [9.17, 15) is 0 Å². The lowest BCUT2D eigenvalue weighted by Gasteiger charge is -2.03. The van der Waals surface area contributed by atoms with Gasteiger partial charge in [-0.1, -0.05) is 0 Å². The maximum atomic E-state index is 5.97. The Kier molecular flexibility index (Phi) is 1.99. The third kappa shape index (κ3) is 1.42. The predicted molar refractivity (Wildman–Crippen MR) is 47.8 cm³/mol. The van der Waals surface area contributed by atoms with Crippen LogP contribution in [0, 0.1) is 0 Å². The first-order chi connectivity index (χ1) is 4.71. The molecule has 2 nitrogen and oxygen atoms in total. The Morgan fingerprint density at radius 1 is 1.55 bits per heavy atom. The molecule has 0 unspecified atom stereocenters. The molecule has 0 spiro atoms. The topological polar surface area (TPSA) is 30.9 Å². The van der Waals surface area contributed by atoms with Gasteiger partial charge < -0.3 is 10.3 Å². The van der Waals surface area contributed by atoms with Crippen LogP contribution in [0.2, 0.25) is 0 Å². The van der Waals surface area contributed by atoms with Crippen LogP contribution in [0.5, 0.6) is 0 Å². The minimum atomic E-state index is 0. The zero-order valence-corrected chi connectivity index (χ0v) is 7.40. The van der Waals surface area contributed by atoms with E-state index in [1.807, 2.05) is 17.8 Å². The third-order valence-electron chi connectivity index (χ3n) is 2.20. The third-order valence-corrected chi connectivity index (χ3v) is 2.20. The van der Waals surface area contributed by atoms with Crippen molar-refractivity contribution in [2.24, 2.45) is 12.8 Å². The number of nitrogens with two attached hydrogens (primary N) is 1. The first-order valence-electron chi connectivity index (χ1n) is 3.62. The molecule has 3 heteroatoms. The summed E-state index contributed by atoms with van der Waals surface area (Å²) in [7, 11) is 2.02. The summed E-state index contributed by atoms with van der Waals surface area (Å²) in [5.74, 6) is 0. The fourth-order valence-electron chi connectivity index (χ4n) is 1.22. The fraction of sp³-hybridized carbons (Fsp3) is 0.500. The molecule has 1 fully saturated rings. The van der Waals surface area contributed by atoms with Gasteiger partial charge in [-0.15, -0.1) is 12.4 Å². The molecule has 0 amide bonds. The van der Waals surface area contributed by atoms with Gasteiger partial charge in [0.05, 0.1) is 0 Å². The zero-order chi connectivity index (χ0) is 7.19. The summed E-state index contributed by atoms with van der Waals surface area (Å²) in [4.78, 5) is 0. The number of hydrogen-bond acceptors (Lipinski definition) is 1. The molecule has 0 atom stereocenters. The highest BCUT2D eigenvalue weighted by molar-refractivity contribution is 5.85. The molecule has 0 bridgehead atoms. The summed E-state index contributed by atoms with van der Waals surface area (Å²) >= 11 is 0. The van der Waals surface area contributed by atoms with E-state index in [0.29, 0.717) is 0 Å². The van der Waals surface area contributed by atoms with E-state index in [0.717, 1.165) is 12.8 Å². The van der Waals surface area contributed by atoms with Crippen LogP contribution < -0.4 is 5.73 Å². The zero-order valence-electron chi connectivity index (χ0n) is 6.58.